The Balaban J connectivity index is 1.37. The van der Waals surface area contributed by atoms with Crippen LogP contribution in [0.15, 0.2) is 54.6 Å². The van der Waals surface area contributed by atoms with Crippen molar-refractivity contribution in [2.75, 3.05) is 31.1 Å². The molecule has 29 heavy (non-hydrogen) atoms. The number of piperazine rings is 1. The molecule has 2 heterocycles. The quantitative estimate of drug-likeness (QED) is 0.772. The number of halogens is 1. The summed E-state index contributed by atoms with van der Waals surface area (Å²) in [7, 11) is 0. The van der Waals surface area contributed by atoms with E-state index in [1.54, 1.807) is 0 Å². The highest BCUT2D eigenvalue weighted by Crippen LogP contribution is 2.24. The van der Waals surface area contributed by atoms with Gasteiger partial charge in [-0.1, -0.05) is 48.0 Å². The topological polar surface area (TPSA) is 43.9 Å². The summed E-state index contributed by atoms with van der Waals surface area (Å²) in [6, 6.07) is 17.8. The summed E-state index contributed by atoms with van der Waals surface area (Å²) in [5.74, 6) is 0.299. The second-order valence-electron chi connectivity index (χ2n) is 7.74. The van der Waals surface area contributed by atoms with Crippen molar-refractivity contribution in [2.24, 2.45) is 0 Å². The number of para-hydroxylation sites is 1. The largest absolute Gasteiger partial charge is 0.338 e. The molecule has 0 spiro atoms. The minimum Gasteiger partial charge on any atom is -0.338 e. The van der Waals surface area contributed by atoms with Gasteiger partial charge in [0.1, 0.15) is 0 Å². The molecule has 152 valence electrons. The molecule has 2 aliphatic rings. The maximum atomic E-state index is 12.7. The van der Waals surface area contributed by atoms with Gasteiger partial charge in [0.25, 0.3) is 0 Å². The number of rotatable bonds is 4. The molecule has 0 aliphatic carbocycles. The molecule has 2 saturated heterocycles. The van der Waals surface area contributed by atoms with Crippen molar-refractivity contribution in [3.05, 3.63) is 65.2 Å². The lowest BCUT2D eigenvalue weighted by Gasteiger charge is -2.38. The number of hydrogen-bond donors (Lipinski definition) is 0. The first kappa shape index (κ1) is 19.9. The van der Waals surface area contributed by atoms with Gasteiger partial charge in [0, 0.05) is 49.4 Å². The number of benzene rings is 2. The van der Waals surface area contributed by atoms with Gasteiger partial charge in [0.15, 0.2) is 0 Å². The Hall–Kier alpha value is -2.37. The molecule has 2 fully saturated rings. The van der Waals surface area contributed by atoms with Crippen molar-refractivity contribution in [3.8, 4) is 0 Å². The van der Waals surface area contributed by atoms with Crippen molar-refractivity contribution >= 4 is 29.1 Å². The van der Waals surface area contributed by atoms with Crippen LogP contribution in [0.5, 0.6) is 0 Å². The third kappa shape index (κ3) is 4.62. The maximum absolute atomic E-state index is 12.7. The highest BCUT2D eigenvalue weighted by molar-refractivity contribution is 6.31. The van der Waals surface area contributed by atoms with E-state index in [1.807, 2.05) is 64.4 Å². The Morgan fingerprint density at radius 1 is 0.862 bits per heavy atom. The highest BCUT2D eigenvalue weighted by atomic mass is 35.5. The molecule has 0 aromatic heterocycles. The van der Waals surface area contributed by atoms with Gasteiger partial charge in [-0.05, 0) is 36.6 Å². The highest BCUT2D eigenvalue weighted by Gasteiger charge is 2.32. The average Bonchev–Trinajstić information content (AvgIpc) is 2.92. The third-order valence-electron chi connectivity index (χ3n) is 5.93. The van der Waals surface area contributed by atoms with E-state index in [-0.39, 0.29) is 17.9 Å². The lowest BCUT2D eigenvalue weighted by molar-refractivity contribution is -0.131. The fraction of sp³-hybridized carbons (Fsp3) is 0.391. The Morgan fingerprint density at radius 2 is 1.62 bits per heavy atom. The van der Waals surface area contributed by atoms with E-state index in [0.717, 1.165) is 30.6 Å². The van der Waals surface area contributed by atoms with Crippen LogP contribution in [0, 0.1) is 0 Å². The summed E-state index contributed by atoms with van der Waals surface area (Å²) >= 11 is 6.27. The van der Waals surface area contributed by atoms with E-state index < -0.39 is 0 Å². The number of amides is 2. The molecule has 1 atom stereocenters. The summed E-state index contributed by atoms with van der Waals surface area (Å²) in [5.41, 5.74) is 1.94. The zero-order valence-corrected chi connectivity index (χ0v) is 17.2. The SMILES string of the molecule is O=C1CCC(N2CCN(c3ccccc3)C(=O)C2)CCN1Cc1ccccc1Cl. The molecule has 4 rings (SSSR count). The predicted molar refractivity (Wildman–Crippen MR) is 115 cm³/mol. The predicted octanol–water partition coefficient (Wildman–Crippen LogP) is 3.57. The summed E-state index contributed by atoms with van der Waals surface area (Å²) in [6.07, 6.45) is 2.20. The fourth-order valence-corrected chi connectivity index (χ4v) is 4.47. The van der Waals surface area contributed by atoms with Crippen LogP contribution in [0.4, 0.5) is 5.69 Å². The van der Waals surface area contributed by atoms with Crippen LogP contribution in [0.2, 0.25) is 5.02 Å². The maximum Gasteiger partial charge on any atom is 0.241 e. The Bertz CT molecular complexity index is 873. The van der Waals surface area contributed by atoms with Crippen LogP contribution in [-0.4, -0.2) is 53.8 Å². The Kier molecular flexibility index (Phi) is 6.16. The van der Waals surface area contributed by atoms with Crippen molar-refractivity contribution in [3.63, 3.8) is 0 Å². The summed E-state index contributed by atoms with van der Waals surface area (Å²) in [5, 5.41) is 0.698. The normalized spacial score (nSPS) is 21.3. The van der Waals surface area contributed by atoms with Crippen molar-refractivity contribution in [1.29, 1.82) is 0 Å². The van der Waals surface area contributed by atoms with Crippen LogP contribution in [0.1, 0.15) is 24.8 Å². The van der Waals surface area contributed by atoms with Gasteiger partial charge < -0.3 is 9.80 Å². The van der Waals surface area contributed by atoms with Gasteiger partial charge in [-0.25, -0.2) is 0 Å². The number of nitrogens with zero attached hydrogens (tertiary/aromatic N) is 3. The lowest BCUT2D eigenvalue weighted by atomic mass is 10.1. The molecule has 0 N–H and O–H groups in total. The minimum absolute atomic E-state index is 0.131. The van der Waals surface area contributed by atoms with Crippen molar-refractivity contribution in [2.45, 2.75) is 31.8 Å². The van der Waals surface area contributed by atoms with Gasteiger partial charge >= 0.3 is 0 Å². The summed E-state index contributed by atoms with van der Waals surface area (Å²) < 4.78 is 0. The minimum atomic E-state index is 0.131. The van der Waals surface area contributed by atoms with E-state index in [9.17, 15) is 9.59 Å². The molecule has 0 saturated carbocycles. The molecule has 2 amide bonds. The monoisotopic (exact) mass is 411 g/mol. The van der Waals surface area contributed by atoms with E-state index in [2.05, 4.69) is 4.90 Å². The molecule has 1 unspecified atom stereocenters. The van der Waals surface area contributed by atoms with Crippen LogP contribution in [-0.2, 0) is 16.1 Å². The van der Waals surface area contributed by atoms with Crippen LogP contribution in [0.25, 0.3) is 0 Å². The van der Waals surface area contributed by atoms with Gasteiger partial charge in [0.05, 0.1) is 6.54 Å². The van der Waals surface area contributed by atoms with Crippen LogP contribution >= 0.6 is 11.6 Å². The summed E-state index contributed by atoms with van der Waals surface area (Å²) in [6.45, 7) is 3.19. The fourth-order valence-electron chi connectivity index (χ4n) is 4.27. The van der Waals surface area contributed by atoms with Gasteiger partial charge in [-0.2, -0.15) is 0 Å². The van der Waals surface area contributed by atoms with E-state index in [1.165, 1.54) is 0 Å². The number of carbonyl (C=O) groups excluding carboxylic acids is 2. The van der Waals surface area contributed by atoms with Crippen molar-refractivity contribution in [1.82, 2.24) is 9.80 Å². The van der Waals surface area contributed by atoms with Crippen LogP contribution in [0.3, 0.4) is 0 Å². The molecule has 0 bridgehead atoms. The zero-order valence-electron chi connectivity index (χ0n) is 16.5. The first-order chi connectivity index (χ1) is 14.1. The summed E-state index contributed by atoms with van der Waals surface area (Å²) in [4.78, 5) is 31.4. The molecule has 2 aliphatic heterocycles. The second kappa shape index (κ2) is 8.97. The molecule has 5 nitrogen and oxygen atoms in total. The number of likely N-dealkylation sites (tertiary alicyclic amines) is 1. The smallest absolute Gasteiger partial charge is 0.241 e. The first-order valence-corrected chi connectivity index (χ1v) is 10.6. The molecule has 2 aromatic rings. The Labute approximate surface area is 176 Å². The van der Waals surface area contributed by atoms with Crippen molar-refractivity contribution < 1.29 is 9.59 Å². The number of carbonyl (C=O) groups is 2. The number of hydrogen-bond acceptors (Lipinski definition) is 3. The molecular formula is C23H26ClN3O2. The molecular weight excluding hydrogens is 386 g/mol. The zero-order chi connectivity index (χ0) is 20.2. The number of anilines is 1. The Morgan fingerprint density at radius 3 is 2.38 bits per heavy atom. The van der Waals surface area contributed by atoms with Gasteiger partial charge in [-0.3, -0.25) is 14.5 Å². The molecule has 6 heteroatoms. The third-order valence-corrected chi connectivity index (χ3v) is 6.30. The standard InChI is InChI=1S/C23H26ClN3O2/c24-21-9-5-4-6-18(21)16-26-13-12-19(10-11-22(26)28)25-14-15-27(23(29)17-25)20-7-2-1-3-8-20/h1-9,19H,10-17H2. The van der Waals surface area contributed by atoms with Crippen LogP contribution < -0.4 is 4.90 Å². The lowest BCUT2D eigenvalue weighted by Crippen LogP contribution is -2.53. The molecule has 0 radical (unpaired) electrons. The first-order valence-electron chi connectivity index (χ1n) is 10.2. The van der Waals surface area contributed by atoms with Gasteiger partial charge in [-0.15, -0.1) is 0 Å². The van der Waals surface area contributed by atoms with E-state index >= 15 is 0 Å². The van der Waals surface area contributed by atoms with E-state index in [4.69, 9.17) is 11.6 Å². The average molecular weight is 412 g/mol. The van der Waals surface area contributed by atoms with Gasteiger partial charge in [0.2, 0.25) is 11.8 Å². The van der Waals surface area contributed by atoms with E-state index in [0.29, 0.717) is 37.6 Å². The molecule has 2 aromatic carbocycles. The second-order valence-corrected chi connectivity index (χ2v) is 8.15.